The minimum atomic E-state index is -0.573. The van der Waals surface area contributed by atoms with Crippen molar-refractivity contribution in [2.24, 2.45) is 0 Å². The number of nitrogens with zero attached hydrogens (tertiary/aromatic N) is 1. The van der Waals surface area contributed by atoms with Gasteiger partial charge < -0.3 is 19.7 Å². The van der Waals surface area contributed by atoms with Crippen LogP contribution in [0.15, 0.2) is 0 Å². The predicted octanol–water partition coefficient (Wildman–Crippen LogP) is 1.28. The molecule has 0 aliphatic carbocycles. The van der Waals surface area contributed by atoms with Crippen LogP contribution in [0.3, 0.4) is 0 Å². The monoisotopic (exact) mass is 274 g/mol. The van der Waals surface area contributed by atoms with Crippen molar-refractivity contribution in [3.8, 4) is 0 Å². The van der Waals surface area contributed by atoms with Crippen LogP contribution in [-0.2, 0) is 14.3 Å². The molecular formula is C14H30N2O3. The molecule has 0 amide bonds. The molecule has 0 saturated heterocycles. The standard InChI is InChI=1S/C14H30N2O3/c1-6-15-14(2,13(17)19-5)9-7-10-16(3)11-8-12-18-4/h15H,6-12H2,1-5H3. The number of likely N-dealkylation sites (N-methyl/N-ethyl adjacent to an activating group) is 1. The molecule has 0 bridgehead atoms. The highest BCUT2D eigenvalue weighted by Crippen LogP contribution is 2.14. The number of rotatable bonds is 11. The number of esters is 1. The highest BCUT2D eigenvalue weighted by molar-refractivity contribution is 5.80. The Kier molecular flexibility index (Phi) is 9.83. The topological polar surface area (TPSA) is 50.8 Å². The molecule has 19 heavy (non-hydrogen) atoms. The van der Waals surface area contributed by atoms with Gasteiger partial charge in [-0.1, -0.05) is 6.92 Å². The van der Waals surface area contributed by atoms with E-state index < -0.39 is 5.54 Å². The zero-order chi connectivity index (χ0) is 14.7. The van der Waals surface area contributed by atoms with E-state index in [2.05, 4.69) is 17.3 Å². The molecule has 1 N–H and O–H groups in total. The van der Waals surface area contributed by atoms with Gasteiger partial charge in [0.05, 0.1) is 7.11 Å². The van der Waals surface area contributed by atoms with Crippen LogP contribution in [0.5, 0.6) is 0 Å². The van der Waals surface area contributed by atoms with Crippen LogP contribution in [0, 0.1) is 0 Å². The highest BCUT2D eigenvalue weighted by Gasteiger charge is 2.32. The lowest BCUT2D eigenvalue weighted by molar-refractivity contribution is -0.148. The predicted molar refractivity (Wildman–Crippen MR) is 77.3 cm³/mol. The minimum Gasteiger partial charge on any atom is -0.468 e. The molecule has 5 heteroatoms. The number of nitrogens with one attached hydrogen (secondary N) is 1. The van der Waals surface area contributed by atoms with Crippen molar-refractivity contribution in [2.45, 2.75) is 38.6 Å². The van der Waals surface area contributed by atoms with Crippen LogP contribution in [0.4, 0.5) is 0 Å². The first-order valence-corrected chi connectivity index (χ1v) is 7.01. The van der Waals surface area contributed by atoms with Crippen LogP contribution < -0.4 is 5.32 Å². The van der Waals surface area contributed by atoms with Crippen LogP contribution in [0.1, 0.15) is 33.1 Å². The maximum absolute atomic E-state index is 11.8. The second kappa shape index (κ2) is 10.2. The maximum atomic E-state index is 11.8. The van der Waals surface area contributed by atoms with Crippen molar-refractivity contribution >= 4 is 5.97 Å². The maximum Gasteiger partial charge on any atom is 0.325 e. The molecule has 0 saturated carbocycles. The Morgan fingerprint density at radius 3 is 2.42 bits per heavy atom. The Morgan fingerprint density at radius 1 is 1.26 bits per heavy atom. The number of hydrogen-bond donors (Lipinski definition) is 1. The van der Waals surface area contributed by atoms with Crippen molar-refractivity contribution in [2.75, 3.05) is 47.5 Å². The van der Waals surface area contributed by atoms with Gasteiger partial charge in [0.2, 0.25) is 0 Å². The van der Waals surface area contributed by atoms with Gasteiger partial charge in [-0.05, 0) is 46.3 Å². The normalized spacial score (nSPS) is 14.4. The Hall–Kier alpha value is -0.650. The van der Waals surface area contributed by atoms with Gasteiger partial charge in [0, 0.05) is 20.3 Å². The molecule has 0 aromatic carbocycles. The summed E-state index contributed by atoms with van der Waals surface area (Å²) >= 11 is 0. The fourth-order valence-corrected chi connectivity index (χ4v) is 2.17. The second-order valence-electron chi connectivity index (χ2n) is 5.11. The number of methoxy groups -OCH3 is 2. The van der Waals surface area contributed by atoms with Crippen LogP contribution in [0.25, 0.3) is 0 Å². The molecule has 5 nitrogen and oxygen atoms in total. The van der Waals surface area contributed by atoms with E-state index in [1.54, 1.807) is 7.11 Å². The first-order chi connectivity index (χ1) is 9.00. The summed E-state index contributed by atoms with van der Waals surface area (Å²) in [5.41, 5.74) is -0.573. The molecule has 0 rings (SSSR count). The fraction of sp³-hybridized carbons (Fsp3) is 0.929. The van der Waals surface area contributed by atoms with Gasteiger partial charge in [-0.3, -0.25) is 4.79 Å². The second-order valence-corrected chi connectivity index (χ2v) is 5.11. The summed E-state index contributed by atoms with van der Waals surface area (Å²) in [5, 5.41) is 3.22. The van der Waals surface area contributed by atoms with Gasteiger partial charge >= 0.3 is 5.97 Å². The van der Waals surface area contributed by atoms with E-state index in [0.717, 1.165) is 45.5 Å². The Balaban J connectivity index is 4.02. The lowest BCUT2D eigenvalue weighted by atomic mass is 9.95. The number of carbonyl (C=O) groups excluding carboxylic acids is 1. The Morgan fingerprint density at radius 2 is 1.89 bits per heavy atom. The average Bonchev–Trinajstić information content (AvgIpc) is 2.38. The van der Waals surface area contributed by atoms with Gasteiger partial charge in [0.1, 0.15) is 5.54 Å². The van der Waals surface area contributed by atoms with Gasteiger partial charge in [0.25, 0.3) is 0 Å². The Bertz CT molecular complexity index is 249. The molecule has 0 radical (unpaired) electrons. The summed E-state index contributed by atoms with van der Waals surface area (Å²) in [6.45, 7) is 7.45. The number of carbonyl (C=O) groups is 1. The van der Waals surface area contributed by atoms with E-state index in [9.17, 15) is 4.79 Å². The van der Waals surface area contributed by atoms with Crippen molar-refractivity contribution in [3.63, 3.8) is 0 Å². The average molecular weight is 274 g/mol. The largest absolute Gasteiger partial charge is 0.468 e. The van der Waals surface area contributed by atoms with Crippen LogP contribution in [0.2, 0.25) is 0 Å². The first-order valence-electron chi connectivity index (χ1n) is 7.01. The molecule has 0 fully saturated rings. The summed E-state index contributed by atoms with van der Waals surface area (Å²) in [5.74, 6) is -0.184. The van der Waals surface area contributed by atoms with E-state index >= 15 is 0 Å². The SMILES string of the molecule is CCNC(C)(CCCN(C)CCCOC)C(=O)OC. The smallest absolute Gasteiger partial charge is 0.325 e. The lowest BCUT2D eigenvalue weighted by Gasteiger charge is -2.28. The van der Waals surface area contributed by atoms with Crippen LogP contribution >= 0.6 is 0 Å². The van der Waals surface area contributed by atoms with Crippen molar-refractivity contribution < 1.29 is 14.3 Å². The molecule has 0 aromatic rings. The molecule has 1 unspecified atom stereocenters. The molecular weight excluding hydrogens is 244 g/mol. The minimum absolute atomic E-state index is 0.184. The summed E-state index contributed by atoms with van der Waals surface area (Å²) in [7, 11) is 5.26. The number of ether oxygens (including phenoxy) is 2. The van der Waals surface area contributed by atoms with E-state index in [1.165, 1.54) is 7.11 Å². The molecule has 1 atom stereocenters. The Labute approximate surface area is 117 Å². The zero-order valence-electron chi connectivity index (χ0n) is 13.1. The van der Waals surface area contributed by atoms with Crippen LogP contribution in [-0.4, -0.2) is 63.9 Å². The third kappa shape index (κ3) is 7.50. The van der Waals surface area contributed by atoms with Crippen molar-refractivity contribution in [1.29, 1.82) is 0 Å². The molecule has 114 valence electrons. The van der Waals surface area contributed by atoms with Gasteiger partial charge in [0.15, 0.2) is 0 Å². The quantitative estimate of drug-likeness (QED) is 0.454. The van der Waals surface area contributed by atoms with E-state index in [-0.39, 0.29) is 5.97 Å². The first kappa shape index (κ1) is 18.4. The van der Waals surface area contributed by atoms with Crippen molar-refractivity contribution in [1.82, 2.24) is 10.2 Å². The van der Waals surface area contributed by atoms with E-state index in [0.29, 0.717) is 0 Å². The summed E-state index contributed by atoms with van der Waals surface area (Å²) < 4.78 is 9.90. The summed E-state index contributed by atoms with van der Waals surface area (Å²) in [6, 6.07) is 0. The highest BCUT2D eigenvalue weighted by atomic mass is 16.5. The van der Waals surface area contributed by atoms with Gasteiger partial charge in [-0.2, -0.15) is 0 Å². The molecule has 0 spiro atoms. The molecule has 0 aliphatic heterocycles. The number of hydrogen-bond acceptors (Lipinski definition) is 5. The van der Waals surface area contributed by atoms with Gasteiger partial charge in [-0.25, -0.2) is 0 Å². The van der Waals surface area contributed by atoms with Crippen molar-refractivity contribution in [3.05, 3.63) is 0 Å². The van der Waals surface area contributed by atoms with E-state index in [1.807, 2.05) is 13.8 Å². The summed E-state index contributed by atoms with van der Waals surface area (Å²) in [4.78, 5) is 14.1. The van der Waals surface area contributed by atoms with E-state index in [4.69, 9.17) is 9.47 Å². The fourth-order valence-electron chi connectivity index (χ4n) is 2.17. The third-order valence-corrected chi connectivity index (χ3v) is 3.31. The molecule has 0 heterocycles. The lowest BCUT2D eigenvalue weighted by Crippen LogP contribution is -2.50. The summed E-state index contributed by atoms with van der Waals surface area (Å²) in [6.07, 6.45) is 2.78. The molecule has 0 aromatic heterocycles. The zero-order valence-corrected chi connectivity index (χ0v) is 13.1. The third-order valence-electron chi connectivity index (χ3n) is 3.31. The molecule has 0 aliphatic rings. The van der Waals surface area contributed by atoms with Gasteiger partial charge in [-0.15, -0.1) is 0 Å².